The fourth-order valence-corrected chi connectivity index (χ4v) is 2.60. The van der Waals surface area contributed by atoms with Gasteiger partial charge in [-0.15, -0.1) is 24.8 Å². The van der Waals surface area contributed by atoms with Crippen molar-refractivity contribution < 1.29 is 4.79 Å². The van der Waals surface area contributed by atoms with Crippen molar-refractivity contribution in [1.29, 1.82) is 0 Å². The summed E-state index contributed by atoms with van der Waals surface area (Å²) in [5.41, 5.74) is 7.03. The second-order valence-electron chi connectivity index (χ2n) is 6.04. The van der Waals surface area contributed by atoms with E-state index in [1.54, 1.807) is 25.4 Å². The van der Waals surface area contributed by atoms with Crippen molar-refractivity contribution in [2.45, 2.75) is 45.6 Å². The Hall–Kier alpha value is -1.96. The van der Waals surface area contributed by atoms with Gasteiger partial charge in [-0.3, -0.25) is 14.6 Å². The number of nitrogens with one attached hydrogen (secondary N) is 2. The Bertz CT molecular complexity index is 768. The van der Waals surface area contributed by atoms with Crippen LogP contribution in [0.15, 0.2) is 29.3 Å². The summed E-state index contributed by atoms with van der Waals surface area (Å²) in [6, 6.07) is 3.53. The zero-order valence-corrected chi connectivity index (χ0v) is 17.2. The number of aryl methyl sites for hydroxylation is 1. The van der Waals surface area contributed by atoms with Crippen molar-refractivity contribution in [1.82, 2.24) is 20.3 Å². The van der Waals surface area contributed by atoms with Crippen LogP contribution in [0.3, 0.4) is 0 Å². The number of aromatic nitrogens is 3. The van der Waals surface area contributed by atoms with Gasteiger partial charge in [0.2, 0.25) is 5.91 Å². The third-order valence-corrected chi connectivity index (χ3v) is 4.05. The number of carbonyl (C=O) groups is 1. The smallest absolute Gasteiger partial charge is 0.255 e. The first kappa shape index (κ1) is 25.0. The highest BCUT2D eigenvalue weighted by Gasteiger charge is 2.16. The van der Waals surface area contributed by atoms with Gasteiger partial charge in [0.15, 0.2) is 0 Å². The summed E-state index contributed by atoms with van der Waals surface area (Å²) in [6.45, 7) is 4.21. The minimum atomic E-state index is -0.306. The third-order valence-electron chi connectivity index (χ3n) is 4.05. The van der Waals surface area contributed by atoms with Crippen molar-refractivity contribution in [3.8, 4) is 11.4 Å². The molecule has 1 amide bonds. The molecule has 2 aromatic rings. The lowest BCUT2D eigenvalue weighted by Crippen LogP contribution is -2.41. The van der Waals surface area contributed by atoms with E-state index < -0.39 is 0 Å². The van der Waals surface area contributed by atoms with Crippen LogP contribution in [0, 0.1) is 6.92 Å². The number of hydrogen-bond donors (Lipinski definition) is 3. The quantitative estimate of drug-likeness (QED) is 0.610. The summed E-state index contributed by atoms with van der Waals surface area (Å²) < 4.78 is 0. The zero-order valence-electron chi connectivity index (χ0n) is 15.5. The predicted molar refractivity (Wildman–Crippen MR) is 112 cm³/mol. The molecule has 2 aromatic heterocycles. The first-order valence-electron chi connectivity index (χ1n) is 8.54. The van der Waals surface area contributed by atoms with Crippen molar-refractivity contribution in [3.05, 3.63) is 46.1 Å². The van der Waals surface area contributed by atoms with E-state index in [0.29, 0.717) is 23.6 Å². The minimum absolute atomic E-state index is 0. The molecule has 9 heteroatoms. The molecule has 0 aliphatic heterocycles. The number of halogens is 2. The van der Waals surface area contributed by atoms with Crippen LogP contribution in [0.4, 0.5) is 0 Å². The summed E-state index contributed by atoms with van der Waals surface area (Å²) in [5.74, 6) is 0.235. The molecule has 1 atom stereocenters. The van der Waals surface area contributed by atoms with E-state index >= 15 is 0 Å². The number of nitrogens with two attached hydrogens (primary N) is 1. The molecule has 0 aliphatic rings. The van der Waals surface area contributed by atoms with Crippen LogP contribution in [0.25, 0.3) is 11.4 Å². The fraction of sp³-hybridized carbons (Fsp3) is 0.444. The van der Waals surface area contributed by atoms with Crippen LogP contribution in [0.2, 0.25) is 0 Å². The molecule has 0 saturated heterocycles. The number of hydrogen-bond acceptors (Lipinski definition) is 5. The van der Waals surface area contributed by atoms with Gasteiger partial charge in [0.25, 0.3) is 5.56 Å². The SMILES string of the molecule is CCCCC(CN)NC(=O)Cc1c(C)nc(-c2cccnc2)[nH]c1=O.Cl.Cl. The first-order chi connectivity index (χ1) is 12.0. The number of H-pyrrole nitrogens is 1. The van der Waals surface area contributed by atoms with E-state index in [4.69, 9.17) is 5.73 Å². The molecule has 0 saturated carbocycles. The number of nitrogens with zero attached hydrogens (tertiary/aromatic N) is 2. The highest BCUT2D eigenvalue weighted by molar-refractivity contribution is 5.85. The monoisotopic (exact) mass is 415 g/mol. The molecule has 2 rings (SSSR count). The van der Waals surface area contributed by atoms with Gasteiger partial charge < -0.3 is 16.0 Å². The maximum atomic E-state index is 12.4. The van der Waals surface area contributed by atoms with Crippen LogP contribution in [0.1, 0.15) is 37.4 Å². The van der Waals surface area contributed by atoms with E-state index in [1.807, 2.05) is 6.07 Å². The lowest BCUT2D eigenvalue weighted by atomic mass is 10.1. The summed E-state index contributed by atoms with van der Waals surface area (Å²) in [5, 5.41) is 2.90. The maximum Gasteiger partial charge on any atom is 0.255 e. The summed E-state index contributed by atoms with van der Waals surface area (Å²) in [4.78, 5) is 35.8. The Morgan fingerprint density at radius 2 is 2.11 bits per heavy atom. The average Bonchev–Trinajstić information content (AvgIpc) is 2.62. The molecule has 4 N–H and O–H groups in total. The number of unbranched alkanes of at least 4 members (excludes halogenated alkanes) is 1. The predicted octanol–water partition coefficient (Wildman–Crippen LogP) is 2.16. The molecular formula is C18H27Cl2N5O2. The van der Waals surface area contributed by atoms with Crippen LogP contribution in [-0.2, 0) is 11.2 Å². The first-order valence-corrected chi connectivity index (χ1v) is 8.54. The lowest BCUT2D eigenvalue weighted by molar-refractivity contribution is -0.121. The van der Waals surface area contributed by atoms with Crippen molar-refractivity contribution in [2.24, 2.45) is 5.73 Å². The van der Waals surface area contributed by atoms with E-state index in [9.17, 15) is 9.59 Å². The summed E-state index contributed by atoms with van der Waals surface area (Å²) in [6.07, 6.45) is 6.16. The van der Waals surface area contributed by atoms with Gasteiger partial charge in [0.05, 0.1) is 6.42 Å². The Balaban J connectivity index is 0.00000338. The lowest BCUT2D eigenvalue weighted by Gasteiger charge is -2.16. The Labute approximate surface area is 171 Å². The molecule has 0 aromatic carbocycles. The Morgan fingerprint density at radius 1 is 1.37 bits per heavy atom. The van der Waals surface area contributed by atoms with Gasteiger partial charge in [-0.2, -0.15) is 0 Å². The van der Waals surface area contributed by atoms with Crippen LogP contribution in [0.5, 0.6) is 0 Å². The number of rotatable bonds is 8. The largest absolute Gasteiger partial charge is 0.352 e. The number of amides is 1. The number of carbonyl (C=O) groups excluding carboxylic acids is 1. The van der Waals surface area contributed by atoms with Crippen molar-refractivity contribution >= 4 is 30.7 Å². The van der Waals surface area contributed by atoms with Gasteiger partial charge in [-0.05, 0) is 25.5 Å². The fourth-order valence-electron chi connectivity index (χ4n) is 2.60. The van der Waals surface area contributed by atoms with Gasteiger partial charge in [0, 0.05) is 41.8 Å². The molecule has 27 heavy (non-hydrogen) atoms. The Kier molecular flexibility index (Phi) is 11.5. The van der Waals surface area contributed by atoms with Crippen LogP contribution < -0.4 is 16.6 Å². The van der Waals surface area contributed by atoms with Gasteiger partial charge in [-0.1, -0.05) is 19.8 Å². The highest BCUT2D eigenvalue weighted by Crippen LogP contribution is 2.12. The van der Waals surface area contributed by atoms with E-state index in [1.165, 1.54) is 0 Å². The standard InChI is InChI=1S/C18H25N5O2.2ClH/c1-3-4-7-14(10-19)22-16(24)9-15-12(2)21-17(23-18(15)25)13-6-5-8-20-11-13;;/h5-6,8,11,14H,3-4,7,9-10,19H2,1-2H3,(H,22,24)(H,21,23,25);2*1H. The van der Waals surface area contributed by atoms with Gasteiger partial charge in [-0.25, -0.2) is 4.98 Å². The molecule has 2 heterocycles. The molecule has 0 fully saturated rings. The van der Waals surface area contributed by atoms with Crippen molar-refractivity contribution in [3.63, 3.8) is 0 Å². The van der Waals surface area contributed by atoms with Crippen molar-refractivity contribution in [2.75, 3.05) is 6.54 Å². The molecule has 0 aliphatic carbocycles. The van der Waals surface area contributed by atoms with Gasteiger partial charge in [0.1, 0.15) is 5.82 Å². The minimum Gasteiger partial charge on any atom is -0.352 e. The number of pyridine rings is 1. The summed E-state index contributed by atoms with van der Waals surface area (Å²) >= 11 is 0. The van der Waals surface area contributed by atoms with Gasteiger partial charge >= 0.3 is 0 Å². The third kappa shape index (κ3) is 7.28. The molecule has 0 radical (unpaired) electrons. The maximum absolute atomic E-state index is 12.4. The van der Waals surface area contributed by atoms with E-state index in [0.717, 1.165) is 24.8 Å². The highest BCUT2D eigenvalue weighted by atomic mass is 35.5. The number of aromatic amines is 1. The molecule has 150 valence electrons. The molecule has 1 unspecified atom stereocenters. The molecular weight excluding hydrogens is 389 g/mol. The summed E-state index contributed by atoms with van der Waals surface area (Å²) in [7, 11) is 0. The normalized spacial score (nSPS) is 11.1. The second-order valence-corrected chi connectivity index (χ2v) is 6.04. The topological polar surface area (TPSA) is 114 Å². The molecule has 7 nitrogen and oxygen atoms in total. The molecule has 0 bridgehead atoms. The zero-order chi connectivity index (χ0) is 18.2. The Morgan fingerprint density at radius 3 is 2.67 bits per heavy atom. The van der Waals surface area contributed by atoms with E-state index in [-0.39, 0.29) is 48.7 Å². The van der Waals surface area contributed by atoms with Crippen LogP contribution >= 0.6 is 24.8 Å². The molecule has 0 spiro atoms. The average molecular weight is 416 g/mol. The van der Waals surface area contributed by atoms with Crippen LogP contribution in [-0.4, -0.2) is 33.4 Å². The second kappa shape index (κ2) is 12.4. The van der Waals surface area contributed by atoms with E-state index in [2.05, 4.69) is 27.2 Å².